The lowest BCUT2D eigenvalue weighted by atomic mass is 10.2. The number of hydrogen-bond donors (Lipinski definition) is 3. The number of anilines is 2. The third-order valence-corrected chi connectivity index (χ3v) is 2.59. The molecule has 4 N–H and O–H groups in total. The topological polar surface area (TPSA) is 90.9 Å². The minimum atomic E-state index is -0.494. The zero-order chi connectivity index (χ0) is 14.3. The van der Waals surface area contributed by atoms with Gasteiger partial charge in [-0.2, -0.15) is 5.26 Å². The molecule has 0 heterocycles. The van der Waals surface area contributed by atoms with Crippen LogP contribution in [0.25, 0.3) is 0 Å². The zero-order valence-corrected chi connectivity index (χ0v) is 11.3. The molecule has 5 nitrogen and oxygen atoms in total. The molecule has 0 aliphatic carbocycles. The Kier molecular flexibility index (Phi) is 5.71. The van der Waals surface area contributed by atoms with Gasteiger partial charge in [-0.25, -0.2) is 0 Å². The molecule has 0 saturated carbocycles. The molecule has 1 aromatic rings. The van der Waals surface area contributed by atoms with Crippen molar-refractivity contribution in [1.29, 1.82) is 5.26 Å². The highest BCUT2D eigenvalue weighted by atomic mass is 35.5. The van der Waals surface area contributed by atoms with Crippen LogP contribution in [0.3, 0.4) is 0 Å². The molecular weight excluding hydrogens is 264 g/mol. The maximum atomic E-state index is 11.8. The molecule has 0 saturated heterocycles. The molecule has 100 valence electrons. The van der Waals surface area contributed by atoms with Gasteiger partial charge < -0.3 is 16.4 Å². The summed E-state index contributed by atoms with van der Waals surface area (Å²) < 4.78 is 0. The Morgan fingerprint density at radius 2 is 2.32 bits per heavy atom. The van der Waals surface area contributed by atoms with Crippen molar-refractivity contribution in [3.63, 3.8) is 0 Å². The van der Waals surface area contributed by atoms with Crippen LogP contribution in [0.5, 0.6) is 0 Å². The van der Waals surface area contributed by atoms with Crippen LogP contribution in [-0.4, -0.2) is 12.5 Å². The standard InChI is InChI=1S/C13H15ClN4O/c1-2-5-17-8-9(7-15)13(19)18-10-3-4-12(16)11(14)6-10/h3-4,6,8,17H,2,5,16H2,1H3,(H,18,19)/b9-8-. The van der Waals surface area contributed by atoms with Gasteiger partial charge in [0.05, 0.1) is 10.7 Å². The number of halogens is 1. The summed E-state index contributed by atoms with van der Waals surface area (Å²) in [5, 5.41) is 14.7. The largest absolute Gasteiger partial charge is 0.398 e. The summed E-state index contributed by atoms with van der Waals surface area (Å²) in [5.41, 5.74) is 6.49. The lowest BCUT2D eigenvalue weighted by Gasteiger charge is -2.06. The zero-order valence-electron chi connectivity index (χ0n) is 10.5. The van der Waals surface area contributed by atoms with Gasteiger partial charge in [0.2, 0.25) is 0 Å². The minimum Gasteiger partial charge on any atom is -0.398 e. The Balaban J connectivity index is 2.74. The Morgan fingerprint density at radius 1 is 1.58 bits per heavy atom. The molecule has 0 aromatic heterocycles. The van der Waals surface area contributed by atoms with Gasteiger partial charge in [0.15, 0.2) is 0 Å². The molecule has 0 aliphatic rings. The molecule has 0 radical (unpaired) electrons. The number of nitrogens with two attached hydrogens (primary N) is 1. The average molecular weight is 279 g/mol. The summed E-state index contributed by atoms with van der Waals surface area (Å²) in [7, 11) is 0. The highest BCUT2D eigenvalue weighted by molar-refractivity contribution is 6.33. The van der Waals surface area contributed by atoms with Crippen molar-refractivity contribution in [2.45, 2.75) is 13.3 Å². The molecule has 19 heavy (non-hydrogen) atoms. The van der Waals surface area contributed by atoms with Gasteiger partial charge in [-0.1, -0.05) is 18.5 Å². The molecule has 0 unspecified atom stereocenters. The molecule has 0 bridgehead atoms. The molecule has 1 rings (SSSR count). The predicted molar refractivity (Wildman–Crippen MR) is 76.5 cm³/mol. The fraction of sp³-hybridized carbons (Fsp3) is 0.231. The minimum absolute atomic E-state index is 0.00129. The van der Waals surface area contributed by atoms with Crippen molar-refractivity contribution in [1.82, 2.24) is 5.32 Å². The monoisotopic (exact) mass is 278 g/mol. The highest BCUT2D eigenvalue weighted by Gasteiger charge is 2.09. The van der Waals surface area contributed by atoms with Crippen LogP contribution in [0.2, 0.25) is 5.02 Å². The summed E-state index contributed by atoms with van der Waals surface area (Å²) in [4.78, 5) is 11.8. The van der Waals surface area contributed by atoms with Crippen molar-refractivity contribution < 1.29 is 4.79 Å². The molecule has 6 heteroatoms. The lowest BCUT2D eigenvalue weighted by molar-refractivity contribution is -0.112. The van der Waals surface area contributed by atoms with E-state index < -0.39 is 5.91 Å². The van der Waals surface area contributed by atoms with Crippen molar-refractivity contribution in [3.05, 3.63) is 35.0 Å². The van der Waals surface area contributed by atoms with E-state index >= 15 is 0 Å². The van der Waals surface area contributed by atoms with E-state index in [2.05, 4.69) is 10.6 Å². The second-order valence-electron chi connectivity index (χ2n) is 3.81. The number of carbonyl (C=O) groups is 1. The first kappa shape index (κ1) is 14.9. The quantitative estimate of drug-likeness (QED) is 0.333. The van der Waals surface area contributed by atoms with Crippen LogP contribution in [0.4, 0.5) is 11.4 Å². The number of nitriles is 1. The first-order valence-electron chi connectivity index (χ1n) is 5.78. The number of carbonyl (C=O) groups excluding carboxylic acids is 1. The van der Waals surface area contributed by atoms with Crippen LogP contribution < -0.4 is 16.4 Å². The normalized spacial score (nSPS) is 10.7. The summed E-state index contributed by atoms with van der Waals surface area (Å²) in [6.07, 6.45) is 2.31. The fourth-order valence-electron chi connectivity index (χ4n) is 1.27. The average Bonchev–Trinajstić information content (AvgIpc) is 2.39. The van der Waals surface area contributed by atoms with Gasteiger partial charge in [-0.15, -0.1) is 0 Å². The summed E-state index contributed by atoms with van der Waals surface area (Å²) in [6.45, 7) is 2.69. The second kappa shape index (κ2) is 7.29. The summed E-state index contributed by atoms with van der Waals surface area (Å²) >= 11 is 5.84. The van der Waals surface area contributed by atoms with E-state index in [1.807, 2.05) is 13.0 Å². The van der Waals surface area contributed by atoms with Crippen molar-refractivity contribution in [2.75, 3.05) is 17.6 Å². The summed E-state index contributed by atoms with van der Waals surface area (Å²) in [6, 6.07) is 6.57. The van der Waals surface area contributed by atoms with Gasteiger partial charge in [-0.3, -0.25) is 4.79 Å². The molecule has 0 spiro atoms. The van der Waals surface area contributed by atoms with Gasteiger partial charge in [0.1, 0.15) is 11.6 Å². The Bertz CT molecular complexity index is 534. The van der Waals surface area contributed by atoms with Crippen molar-refractivity contribution in [2.24, 2.45) is 0 Å². The number of hydrogen-bond acceptors (Lipinski definition) is 4. The van der Waals surface area contributed by atoms with Gasteiger partial charge in [-0.05, 0) is 24.6 Å². The van der Waals surface area contributed by atoms with Crippen LogP contribution in [0.15, 0.2) is 30.0 Å². The molecule has 0 atom stereocenters. The maximum Gasteiger partial charge on any atom is 0.267 e. The fourth-order valence-corrected chi connectivity index (χ4v) is 1.45. The molecule has 0 aliphatic heterocycles. The van der Waals surface area contributed by atoms with Gasteiger partial charge in [0.25, 0.3) is 5.91 Å². The van der Waals surface area contributed by atoms with Gasteiger partial charge >= 0.3 is 0 Å². The van der Waals surface area contributed by atoms with Crippen LogP contribution in [-0.2, 0) is 4.79 Å². The number of benzene rings is 1. The third kappa shape index (κ3) is 4.53. The highest BCUT2D eigenvalue weighted by Crippen LogP contribution is 2.22. The second-order valence-corrected chi connectivity index (χ2v) is 4.22. The molecule has 1 amide bonds. The van der Waals surface area contributed by atoms with Gasteiger partial charge in [0, 0.05) is 18.4 Å². The molecule has 0 fully saturated rings. The number of nitrogen functional groups attached to an aromatic ring is 1. The number of amides is 1. The van der Waals surface area contributed by atoms with Crippen molar-refractivity contribution >= 4 is 28.9 Å². The number of nitrogens with zero attached hydrogens (tertiary/aromatic N) is 1. The Labute approximate surface area is 117 Å². The van der Waals surface area contributed by atoms with Crippen LogP contribution >= 0.6 is 11.6 Å². The summed E-state index contributed by atoms with van der Waals surface area (Å²) in [5.74, 6) is -0.494. The van der Waals surface area contributed by atoms with E-state index in [4.69, 9.17) is 22.6 Å². The van der Waals surface area contributed by atoms with E-state index in [9.17, 15) is 4.79 Å². The Hall–Kier alpha value is -2.19. The third-order valence-electron chi connectivity index (χ3n) is 2.26. The van der Waals surface area contributed by atoms with E-state index in [0.717, 1.165) is 6.42 Å². The van der Waals surface area contributed by atoms with E-state index in [0.29, 0.717) is 22.9 Å². The van der Waals surface area contributed by atoms with E-state index in [1.54, 1.807) is 12.1 Å². The first-order valence-corrected chi connectivity index (χ1v) is 6.16. The number of nitrogens with one attached hydrogen (secondary N) is 2. The van der Waals surface area contributed by atoms with Crippen LogP contribution in [0.1, 0.15) is 13.3 Å². The SMILES string of the molecule is CCCN/C=C(/C#N)C(=O)Nc1ccc(N)c(Cl)c1. The maximum absolute atomic E-state index is 11.8. The number of rotatable bonds is 5. The van der Waals surface area contributed by atoms with Crippen LogP contribution in [0, 0.1) is 11.3 Å². The Morgan fingerprint density at radius 3 is 2.89 bits per heavy atom. The van der Waals surface area contributed by atoms with Crippen molar-refractivity contribution in [3.8, 4) is 6.07 Å². The van der Waals surface area contributed by atoms with E-state index in [-0.39, 0.29) is 5.57 Å². The smallest absolute Gasteiger partial charge is 0.267 e. The molecular formula is C13H15ClN4O. The van der Waals surface area contributed by atoms with E-state index in [1.165, 1.54) is 12.3 Å². The lowest BCUT2D eigenvalue weighted by Crippen LogP contribution is -2.17. The predicted octanol–water partition coefficient (Wildman–Crippen LogP) is 2.27. The molecule has 1 aromatic carbocycles. The first-order chi connectivity index (χ1) is 9.08.